The van der Waals surface area contributed by atoms with E-state index in [1.807, 2.05) is 4.57 Å². The maximum absolute atomic E-state index is 12.6. The fraction of sp³-hybridized carbons (Fsp3) is 0.333. The van der Waals surface area contributed by atoms with Crippen molar-refractivity contribution in [3.05, 3.63) is 40.9 Å². The van der Waals surface area contributed by atoms with Gasteiger partial charge in [-0.15, -0.1) is 10.2 Å². The molecule has 21 heavy (non-hydrogen) atoms. The van der Waals surface area contributed by atoms with E-state index in [0.717, 1.165) is 0 Å². The minimum Gasteiger partial charge on any atom is -0.326 e. The van der Waals surface area contributed by atoms with Gasteiger partial charge in [0.2, 0.25) is 10.0 Å². The van der Waals surface area contributed by atoms with Crippen molar-refractivity contribution < 1.29 is 8.42 Å². The molecule has 0 radical (unpaired) electrons. The van der Waals surface area contributed by atoms with E-state index in [1.165, 1.54) is 16.4 Å². The topological polar surface area (TPSA) is 94.1 Å². The molecular weight excluding hydrogens is 314 g/mol. The molecule has 0 fully saturated rings. The Morgan fingerprint density at radius 1 is 1.33 bits per heavy atom. The number of aromatic nitrogens is 3. The molecule has 9 heteroatoms. The van der Waals surface area contributed by atoms with E-state index in [2.05, 4.69) is 10.2 Å². The maximum Gasteiger partial charge on any atom is 0.243 e. The van der Waals surface area contributed by atoms with Crippen LogP contribution in [0, 0.1) is 0 Å². The summed E-state index contributed by atoms with van der Waals surface area (Å²) in [4.78, 5) is 0.165. The molecule has 7 nitrogen and oxygen atoms in total. The van der Waals surface area contributed by atoms with E-state index in [-0.39, 0.29) is 18.0 Å². The fourth-order valence-electron chi connectivity index (χ4n) is 2.25. The van der Waals surface area contributed by atoms with Crippen LogP contribution in [0.3, 0.4) is 0 Å². The molecule has 2 aromatic rings. The molecule has 0 unspecified atom stereocenters. The lowest BCUT2D eigenvalue weighted by Gasteiger charge is -2.26. The van der Waals surface area contributed by atoms with E-state index < -0.39 is 10.0 Å². The predicted octanol–water partition coefficient (Wildman–Crippen LogP) is 0.595. The van der Waals surface area contributed by atoms with Crippen LogP contribution in [-0.2, 0) is 29.7 Å². The number of hydrogen-bond donors (Lipinski definition) is 1. The highest BCUT2D eigenvalue weighted by molar-refractivity contribution is 7.89. The summed E-state index contributed by atoms with van der Waals surface area (Å²) in [5, 5.41) is 8.07. The lowest BCUT2D eigenvalue weighted by atomic mass is 10.2. The van der Waals surface area contributed by atoms with E-state index in [9.17, 15) is 8.42 Å². The minimum absolute atomic E-state index is 0.165. The predicted molar refractivity (Wildman–Crippen MR) is 77.0 cm³/mol. The Kier molecular flexibility index (Phi) is 3.70. The van der Waals surface area contributed by atoms with Gasteiger partial charge >= 0.3 is 0 Å². The Labute approximate surface area is 127 Å². The molecule has 0 atom stereocenters. The summed E-state index contributed by atoms with van der Waals surface area (Å²) in [6.07, 6.45) is 1.60. The number of fused-ring (bicyclic) bond motifs is 1. The van der Waals surface area contributed by atoms with Crippen LogP contribution in [-0.4, -0.2) is 34.0 Å². The summed E-state index contributed by atoms with van der Waals surface area (Å²) in [6.45, 7) is 1.39. The van der Waals surface area contributed by atoms with Crippen LogP contribution in [0.5, 0.6) is 0 Å². The first-order valence-electron chi connectivity index (χ1n) is 6.37. The number of sulfonamides is 1. The fourth-order valence-corrected chi connectivity index (χ4v) is 3.99. The maximum atomic E-state index is 12.6. The van der Waals surface area contributed by atoms with Gasteiger partial charge in [0, 0.05) is 24.7 Å². The number of nitrogens with zero attached hydrogens (tertiary/aromatic N) is 4. The first-order chi connectivity index (χ1) is 10.0. The third kappa shape index (κ3) is 2.55. The van der Waals surface area contributed by atoms with Crippen LogP contribution in [0.25, 0.3) is 0 Å². The molecule has 1 aliphatic rings. The van der Waals surface area contributed by atoms with Gasteiger partial charge in [-0.1, -0.05) is 17.7 Å². The van der Waals surface area contributed by atoms with Crippen molar-refractivity contribution in [2.24, 2.45) is 5.73 Å². The minimum atomic E-state index is -3.60. The highest BCUT2D eigenvalue weighted by atomic mass is 35.5. The Morgan fingerprint density at radius 3 is 2.86 bits per heavy atom. The van der Waals surface area contributed by atoms with Crippen molar-refractivity contribution in [1.29, 1.82) is 0 Å². The highest BCUT2D eigenvalue weighted by Gasteiger charge is 2.29. The standard InChI is InChI=1S/C12H14ClN5O2S/c13-11-5-10(2-1-9(11)6-14)21(19,20)18-4-3-17-8-15-16-12(17)7-18/h1-2,5,8H,3-4,6-7,14H2. The molecule has 0 saturated heterocycles. The van der Waals surface area contributed by atoms with Gasteiger partial charge in [0.05, 0.1) is 11.4 Å². The Balaban J connectivity index is 1.93. The van der Waals surface area contributed by atoms with Crippen molar-refractivity contribution in [3.63, 3.8) is 0 Å². The zero-order chi connectivity index (χ0) is 15.0. The van der Waals surface area contributed by atoms with Gasteiger partial charge < -0.3 is 10.3 Å². The second-order valence-electron chi connectivity index (χ2n) is 4.74. The van der Waals surface area contributed by atoms with Crippen molar-refractivity contribution in [2.75, 3.05) is 6.54 Å². The van der Waals surface area contributed by atoms with E-state index in [1.54, 1.807) is 12.4 Å². The number of hydrogen-bond acceptors (Lipinski definition) is 5. The normalized spacial score (nSPS) is 15.9. The molecule has 2 heterocycles. The van der Waals surface area contributed by atoms with Crippen LogP contribution in [0.4, 0.5) is 0 Å². The molecule has 0 spiro atoms. The van der Waals surface area contributed by atoms with E-state index in [4.69, 9.17) is 17.3 Å². The molecule has 1 aromatic heterocycles. The van der Waals surface area contributed by atoms with Crippen molar-refractivity contribution in [1.82, 2.24) is 19.1 Å². The molecule has 3 rings (SSSR count). The van der Waals surface area contributed by atoms with Crippen LogP contribution in [0.2, 0.25) is 5.02 Å². The first kappa shape index (κ1) is 14.5. The SMILES string of the molecule is NCc1ccc(S(=O)(=O)N2CCn3cnnc3C2)cc1Cl. The number of rotatable bonds is 3. The monoisotopic (exact) mass is 327 g/mol. The molecule has 0 bridgehead atoms. The summed E-state index contributed by atoms with van der Waals surface area (Å²) >= 11 is 6.05. The molecular formula is C12H14ClN5O2S. The Morgan fingerprint density at radius 2 is 2.14 bits per heavy atom. The van der Waals surface area contributed by atoms with Gasteiger partial charge in [-0.2, -0.15) is 4.31 Å². The van der Waals surface area contributed by atoms with Gasteiger partial charge in [-0.25, -0.2) is 8.42 Å². The van der Waals surface area contributed by atoms with E-state index >= 15 is 0 Å². The number of benzene rings is 1. The summed E-state index contributed by atoms with van der Waals surface area (Å²) in [6, 6.07) is 4.61. The average Bonchev–Trinajstić information content (AvgIpc) is 2.94. The van der Waals surface area contributed by atoms with E-state index in [0.29, 0.717) is 29.5 Å². The second-order valence-corrected chi connectivity index (χ2v) is 7.08. The summed E-state index contributed by atoms with van der Waals surface area (Å²) < 4.78 is 28.5. The summed E-state index contributed by atoms with van der Waals surface area (Å²) in [5.74, 6) is 0.634. The first-order valence-corrected chi connectivity index (χ1v) is 8.19. The molecule has 0 aliphatic carbocycles. The molecule has 1 aromatic carbocycles. The van der Waals surface area contributed by atoms with Crippen LogP contribution in [0.1, 0.15) is 11.4 Å². The van der Waals surface area contributed by atoms with Gasteiger partial charge in [0.15, 0.2) is 0 Å². The lowest BCUT2D eigenvalue weighted by molar-refractivity contribution is 0.335. The summed E-state index contributed by atoms with van der Waals surface area (Å²) in [7, 11) is -3.60. The zero-order valence-electron chi connectivity index (χ0n) is 11.1. The highest BCUT2D eigenvalue weighted by Crippen LogP contribution is 2.25. The van der Waals surface area contributed by atoms with Gasteiger partial charge in [-0.3, -0.25) is 0 Å². The smallest absolute Gasteiger partial charge is 0.243 e. The Bertz CT molecular complexity index is 774. The van der Waals surface area contributed by atoms with Gasteiger partial charge in [0.1, 0.15) is 12.2 Å². The van der Waals surface area contributed by atoms with Crippen LogP contribution < -0.4 is 5.73 Å². The molecule has 0 amide bonds. The van der Waals surface area contributed by atoms with Gasteiger partial charge in [-0.05, 0) is 17.7 Å². The van der Waals surface area contributed by atoms with Crippen molar-refractivity contribution >= 4 is 21.6 Å². The molecule has 1 aliphatic heterocycles. The molecule has 2 N–H and O–H groups in total. The molecule has 112 valence electrons. The van der Waals surface area contributed by atoms with Crippen molar-refractivity contribution in [3.8, 4) is 0 Å². The third-order valence-electron chi connectivity index (χ3n) is 3.49. The average molecular weight is 328 g/mol. The molecule has 0 saturated carbocycles. The number of nitrogens with two attached hydrogens (primary N) is 1. The zero-order valence-corrected chi connectivity index (χ0v) is 12.7. The largest absolute Gasteiger partial charge is 0.326 e. The number of halogens is 1. The summed E-state index contributed by atoms with van der Waals surface area (Å²) in [5.41, 5.74) is 6.25. The van der Waals surface area contributed by atoms with Gasteiger partial charge in [0.25, 0.3) is 0 Å². The lowest BCUT2D eigenvalue weighted by Crippen LogP contribution is -2.38. The van der Waals surface area contributed by atoms with Crippen LogP contribution >= 0.6 is 11.6 Å². The quantitative estimate of drug-likeness (QED) is 0.890. The van der Waals surface area contributed by atoms with Crippen molar-refractivity contribution in [2.45, 2.75) is 24.5 Å². The third-order valence-corrected chi connectivity index (χ3v) is 5.68. The Hall–Kier alpha value is -1.48. The van der Waals surface area contributed by atoms with Crippen LogP contribution in [0.15, 0.2) is 29.4 Å². The second kappa shape index (κ2) is 5.38.